The van der Waals surface area contributed by atoms with Crippen molar-refractivity contribution in [2.45, 2.75) is 44.6 Å². The molecule has 1 unspecified atom stereocenters. The Kier molecular flexibility index (Phi) is 6.35. The maximum absolute atomic E-state index is 13.5. The van der Waals surface area contributed by atoms with Gasteiger partial charge in [0.25, 0.3) is 15.9 Å². The molecule has 1 aliphatic heterocycles. The number of nitrogens with zero attached hydrogens (tertiary/aromatic N) is 3. The van der Waals surface area contributed by atoms with E-state index in [1.165, 1.54) is 18.3 Å². The van der Waals surface area contributed by atoms with Crippen molar-refractivity contribution in [3.05, 3.63) is 78.0 Å². The van der Waals surface area contributed by atoms with Gasteiger partial charge in [0, 0.05) is 23.8 Å². The second-order valence-electron chi connectivity index (χ2n) is 10.4. The average Bonchev–Trinajstić information content (AvgIpc) is 3.15. The van der Waals surface area contributed by atoms with Crippen LogP contribution < -0.4 is 15.4 Å². The van der Waals surface area contributed by atoms with Crippen molar-refractivity contribution in [2.75, 3.05) is 17.2 Å². The highest BCUT2D eigenvalue weighted by molar-refractivity contribution is 7.90. The Morgan fingerprint density at radius 1 is 1.05 bits per heavy atom. The van der Waals surface area contributed by atoms with Crippen LogP contribution in [0.2, 0.25) is 0 Å². The zero-order valence-corrected chi connectivity index (χ0v) is 22.7. The quantitative estimate of drug-likeness (QED) is 0.376. The number of nitrogen functional groups attached to an aromatic ring is 1. The maximum Gasteiger partial charge on any atom is 0.268 e. The third-order valence-electron chi connectivity index (χ3n) is 7.80. The number of pyridine rings is 2. The first kappa shape index (κ1) is 25.7. The Hall–Kier alpha value is -3.98. The molecule has 0 spiro atoms. The third-order valence-corrected chi connectivity index (χ3v) is 9.18. The number of hydrogen-bond donors (Lipinski definition) is 2. The van der Waals surface area contributed by atoms with Crippen LogP contribution in [0.25, 0.3) is 22.0 Å². The number of rotatable bonds is 5. The number of anilines is 2. The molecule has 4 aromatic rings. The first-order valence-electron chi connectivity index (χ1n) is 12.6. The second-order valence-corrected chi connectivity index (χ2v) is 12.0. The van der Waals surface area contributed by atoms with E-state index in [1.807, 2.05) is 18.2 Å². The van der Waals surface area contributed by atoms with E-state index in [4.69, 9.17) is 10.7 Å². The lowest BCUT2D eigenvalue weighted by Gasteiger charge is -2.36. The Bertz CT molecular complexity index is 1670. The number of aromatic nitrogens is 2. The molecule has 2 aromatic heterocycles. The molecular weight excluding hydrogens is 498 g/mol. The van der Waals surface area contributed by atoms with Gasteiger partial charge in [-0.25, -0.2) is 23.1 Å². The van der Waals surface area contributed by atoms with E-state index in [-0.39, 0.29) is 21.8 Å². The number of carbonyl (C=O) groups excluding carboxylic acids is 1. The molecule has 9 heteroatoms. The minimum atomic E-state index is -4.25. The average molecular weight is 530 g/mol. The topological polar surface area (TPSA) is 118 Å². The molecule has 5 rings (SSSR count). The minimum Gasteiger partial charge on any atom is -0.383 e. The number of nitrogens with two attached hydrogens (primary N) is 1. The highest BCUT2D eigenvalue weighted by Crippen LogP contribution is 2.40. The Balaban J connectivity index is 1.63. The van der Waals surface area contributed by atoms with Crippen molar-refractivity contribution in [3.8, 4) is 11.3 Å². The van der Waals surface area contributed by atoms with E-state index >= 15 is 0 Å². The molecule has 1 atom stereocenters. The van der Waals surface area contributed by atoms with Crippen molar-refractivity contribution >= 4 is 38.3 Å². The number of fused-ring (bicyclic) bond motifs is 1. The van der Waals surface area contributed by atoms with Crippen LogP contribution >= 0.6 is 0 Å². The van der Waals surface area contributed by atoms with Gasteiger partial charge in [-0.05, 0) is 73.7 Å². The number of aryl methyl sites for hydroxylation is 1. The van der Waals surface area contributed by atoms with Gasteiger partial charge >= 0.3 is 0 Å². The van der Waals surface area contributed by atoms with Gasteiger partial charge in [0.1, 0.15) is 16.5 Å². The normalized spacial score (nSPS) is 17.1. The van der Waals surface area contributed by atoms with Crippen LogP contribution in [0.15, 0.2) is 71.8 Å². The molecule has 196 valence electrons. The van der Waals surface area contributed by atoms with Crippen LogP contribution in [-0.2, 0) is 10.0 Å². The van der Waals surface area contributed by atoms with E-state index < -0.39 is 15.9 Å². The molecule has 1 amide bonds. The second kappa shape index (κ2) is 9.40. The van der Waals surface area contributed by atoms with E-state index in [1.54, 1.807) is 12.1 Å². The minimum absolute atomic E-state index is 0.178. The zero-order chi connectivity index (χ0) is 27.2. The van der Waals surface area contributed by atoms with Gasteiger partial charge in [0.2, 0.25) is 0 Å². The summed E-state index contributed by atoms with van der Waals surface area (Å²) in [6.45, 7) is 9.18. The summed E-state index contributed by atoms with van der Waals surface area (Å²) in [5.41, 5.74) is 8.49. The molecule has 2 aromatic carbocycles. The van der Waals surface area contributed by atoms with Crippen LogP contribution in [0.1, 0.15) is 43.1 Å². The van der Waals surface area contributed by atoms with Gasteiger partial charge in [0.05, 0.1) is 11.3 Å². The first-order chi connectivity index (χ1) is 18.0. The molecule has 0 bridgehead atoms. The predicted molar refractivity (Wildman–Crippen MR) is 150 cm³/mol. The Morgan fingerprint density at radius 2 is 1.79 bits per heavy atom. The molecule has 1 aliphatic rings. The summed E-state index contributed by atoms with van der Waals surface area (Å²) < 4.78 is 28.2. The van der Waals surface area contributed by atoms with E-state index in [0.29, 0.717) is 24.0 Å². The number of amides is 1. The molecule has 38 heavy (non-hydrogen) atoms. The summed E-state index contributed by atoms with van der Waals surface area (Å²) >= 11 is 0. The van der Waals surface area contributed by atoms with Crippen molar-refractivity contribution < 1.29 is 13.2 Å². The zero-order valence-electron chi connectivity index (χ0n) is 21.9. The number of nitrogens with one attached hydrogen (secondary N) is 1. The fourth-order valence-electron chi connectivity index (χ4n) is 5.13. The van der Waals surface area contributed by atoms with E-state index in [2.05, 4.69) is 60.5 Å². The van der Waals surface area contributed by atoms with Gasteiger partial charge < -0.3 is 10.6 Å². The highest BCUT2D eigenvalue weighted by Gasteiger charge is 2.41. The largest absolute Gasteiger partial charge is 0.383 e. The number of benzene rings is 2. The molecule has 1 saturated heterocycles. The lowest BCUT2D eigenvalue weighted by atomic mass is 9.90. The summed E-state index contributed by atoms with van der Waals surface area (Å²) in [5, 5.41) is 2.19. The van der Waals surface area contributed by atoms with Crippen molar-refractivity contribution in [3.63, 3.8) is 0 Å². The Labute approximate surface area is 223 Å². The summed E-state index contributed by atoms with van der Waals surface area (Å²) in [6, 6.07) is 18.4. The molecule has 0 aliphatic carbocycles. The molecule has 1 fully saturated rings. The standard InChI is InChI=1S/C29H31N5O3S/c1-18-11-12-22(21-9-6-5-8-20(18)21)24-14-13-23(27(32-24)34-17-15-19(2)29(34,3)4)28(35)33-38(36,37)25-10-7-16-31-26(25)30/h5-14,16,19H,15,17H2,1-4H3,(H2,30,31)(H,33,35). The molecule has 3 heterocycles. The van der Waals surface area contributed by atoms with Gasteiger partial charge in [-0.1, -0.05) is 43.3 Å². The lowest BCUT2D eigenvalue weighted by molar-refractivity contribution is 0.0981. The first-order valence-corrected chi connectivity index (χ1v) is 14.0. The fraction of sp³-hybridized carbons (Fsp3) is 0.276. The number of carbonyl (C=O) groups is 1. The van der Waals surface area contributed by atoms with E-state index in [0.717, 1.165) is 28.3 Å². The maximum atomic E-state index is 13.5. The number of hydrogen-bond acceptors (Lipinski definition) is 7. The Morgan fingerprint density at radius 3 is 2.47 bits per heavy atom. The SMILES string of the molecule is Cc1ccc(-c2ccc(C(=O)NS(=O)(=O)c3cccnc3N)c(N3CCC(C)C3(C)C)n2)c2ccccc12. The lowest BCUT2D eigenvalue weighted by Crippen LogP contribution is -2.43. The fourth-order valence-corrected chi connectivity index (χ4v) is 6.18. The highest BCUT2D eigenvalue weighted by atomic mass is 32.2. The van der Waals surface area contributed by atoms with Crippen LogP contribution in [0, 0.1) is 12.8 Å². The molecule has 0 saturated carbocycles. The van der Waals surface area contributed by atoms with Crippen LogP contribution in [0.3, 0.4) is 0 Å². The van der Waals surface area contributed by atoms with Gasteiger partial charge in [-0.15, -0.1) is 0 Å². The van der Waals surface area contributed by atoms with Crippen LogP contribution in [-0.4, -0.2) is 36.4 Å². The van der Waals surface area contributed by atoms with Crippen LogP contribution in [0.4, 0.5) is 11.6 Å². The molecule has 3 N–H and O–H groups in total. The molecule has 0 radical (unpaired) electrons. The van der Waals surface area contributed by atoms with Gasteiger partial charge in [-0.2, -0.15) is 0 Å². The monoisotopic (exact) mass is 529 g/mol. The van der Waals surface area contributed by atoms with Gasteiger partial charge in [-0.3, -0.25) is 4.79 Å². The van der Waals surface area contributed by atoms with Crippen LogP contribution in [0.5, 0.6) is 0 Å². The summed E-state index contributed by atoms with van der Waals surface area (Å²) in [6.07, 6.45) is 2.32. The van der Waals surface area contributed by atoms with E-state index in [9.17, 15) is 13.2 Å². The summed E-state index contributed by atoms with van der Waals surface area (Å²) in [5.74, 6) is -0.148. The van der Waals surface area contributed by atoms with Crippen molar-refractivity contribution in [1.82, 2.24) is 14.7 Å². The summed E-state index contributed by atoms with van der Waals surface area (Å²) in [7, 11) is -4.25. The third kappa shape index (κ3) is 4.36. The summed E-state index contributed by atoms with van der Waals surface area (Å²) in [4.78, 5) is 24.2. The molecule has 8 nitrogen and oxygen atoms in total. The van der Waals surface area contributed by atoms with Gasteiger partial charge in [0.15, 0.2) is 0 Å². The number of sulfonamides is 1. The predicted octanol–water partition coefficient (Wildman–Crippen LogP) is 4.93. The van der Waals surface area contributed by atoms with Crippen molar-refractivity contribution in [2.24, 2.45) is 5.92 Å². The van der Waals surface area contributed by atoms with Crippen molar-refractivity contribution in [1.29, 1.82) is 0 Å². The smallest absolute Gasteiger partial charge is 0.268 e. The molecular formula is C29H31N5O3S.